The Kier molecular flexibility index (Phi) is 6.74. The second kappa shape index (κ2) is 8.08. The zero-order valence-electron chi connectivity index (χ0n) is 19.6. The Morgan fingerprint density at radius 3 is 1.64 bits per heavy atom. The Morgan fingerprint density at radius 2 is 1.21 bits per heavy atom. The molecule has 5 nitrogen and oxygen atoms in total. The Labute approximate surface area is 172 Å². The van der Waals surface area contributed by atoms with Crippen LogP contribution in [0.4, 0.5) is 0 Å². The van der Waals surface area contributed by atoms with Crippen LogP contribution in [-0.2, 0) is 4.79 Å². The van der Waals surface area contributed by atoms with E-state index >= 15 is 0 Å². The van der Waals surface area contributed by atoms with E-state index in [2.05, 4.69) is 83.6 Å². The highest BCUT2D eigenvalue weighted by molar-refractivity contribution is 5.87. The summed E-state index contributed by atoms with van der Waals surface area (Å²) in [5.74, 6) is 0.0121. The SMILES string of the molecule is C[C@@H](/C=C/C(=O)NC1CC(C)(C)NC(C)(C)C1)NC1CC(C)(C)NC(C)(C)C1. The van der Waals surface area contributed by atoms with Gasteiger partial charge in [0.15, 0.2) is 0 Å². The molecule has 0 aromatic carbocycles. The fourth-order valence-corrected chi connectivity index (χ4v) is 5.77. The van der Waals surface area contributed by atoms with Crippen LogP contribution in [0.1, 0.15) is 88.0 Å². The Bertz CT molecular complexity index is 559. The zero-order chi connectivity index (χ0) is 21.4. The Balaban J connectivity index is 1.86. The van der Waals surface area contributed by atoms with Crippen molar-refractivity contribution in [2.75, 3.05) is 0 Å². The summed E-state index contributed by atoms with van der Waals surface area (Å²) in [6.07, 6.45) is 7.76. The molecule has 4 N–H and O–H groups in total. The first-order valence-electron chi connectivity index (χ1n) is 10.9. The van der Waals surface area contributed by atoms with E-state index in [1.54, 1.807) is 6.08 Å². The van der Waals surface area contributed by atoms with Crippen molar-refractivity contribution in [1.82, 2.24) is 21.3 Å². The number of hydrogen-bond acceptors (Lipinski definition) is 4. The summed E-state index contributed by atoms with van der Waals surface area (Å²) in [5, 5.41) is 14.3. The van der Waals surface area contributed by atoms with Crippen molar-refractivity contribution >= 4 is 5.91 Å². The maximum absolute atomic E-state index is 12.5. The van der Waals surface area contributed by atoms with Crippen molar-refractivity contribution in [3.05, 3.63) is 12.2 Å². The molecule has 28 heavy (non-hydrogen) atoms. The zero-order valence-corrected chi connectivity index (χ0v) is 19.6. The standard InChI is InChI=1S/C23H44N4O/c1-16(24-17-12-20(2,3)26-21(4,5)13-17)10-11-19(28)25-18-14-22(6,7)27-23(8,9)15-18/h10-11,16-18,24,26-27H,12-15H2,1-9H3,(H,25,28)/b11-10+/t16-/m0/s1. The molecule has 0 aromatic heterocycles. The van der Waals surface area contributed by atoms with Crippen LogP contribution in [0.15, 0.2) is 12.2 Å². The molecule has 2 aliphatic rings. The average Bonchev–Trinajstić information content (AvgIpc) is 2.37. The highest BCUT2D eigenvalue weighted by Crippen LogP contribution is 2.29. The summed E-state index contributed by atoms with van der Waals surface area (Å²) in [6.45, 7) is 20.0. The molecule has 2 rings (SSSR count). The van der Waals surface area contributed by atoms with Gasteiger partial charge in [-0.05, 0) is 88.0 Å². The van der Waals surface area contributed by atoms with Crippen molar-refractivity contribution in [3.63, 3.8) is 0 Å². The van der Waals surface area contributed by atoms with Crippen molar-refractivity contribution in [2.24, 2.45) is 0 Å². The molecule has 2 heterocycles. The lowest BCUT2D eigenvalue weighted by molar-refractivity contribution is -0.117. The lowest BCUT2D eigenvalue weighted by atomic mass is 9.79. The minimum atomic E-state index is 0.0121. The van der Waals surface area contributed by atoms with Gasteiger partial charge in [-0.25, -0.2) is 0 Å². The van der Waals surface area contributed by atoms with E-state index in [1.807, 2.05) is 6.08 Å². The molecule has 0 aliphatic carbocycles. The van der Waals surface area contributed by atoms with Crippen LogP contribution in [0.2, 0.25) is 0 Å². The first kappa shape index (κ1) is 23.4. The van der Waals surface area contributed by atoms with Crippen LogP contribution < -0.4 is 21.3 Å². The maximum Gasteiger partial charge on any atom is 0.243 e. The average molecular weight is 393 g/mol. The van der Waals surface area contributed by atoms with Crippen LogP contribution in [0.3, 0.4) is 0 Å². The van der Waals surface area contributed by atoms with Crippen LogP contribution in [0, 0.1) is 0 Å². The van der Waals surface area contributed by atoms with Gasteiger partial charge in [-0.3, -0.25) is 4.79 Å². The predicted molar refractivity (Wildman–Crippen MR) is 119 cm³/mol. The molecule has 2 fully saturated rings. The summed E-state index contributed by atoms with van der Waals surface area (Å²) in [4.78, 5) is 12.5. The molecule has 0 spiro atoms. The molecule has 0 unspecified atom stereocenters. The molecule has 1 amide bonds. The van der Waals surface area contributed by atoms with E-state index in [9.17, 15) is 4.79 Å². The molecular formula is C23H44N4O. The number of amides is 1. The van der Waals surface area contributed by atoms with E-state index < -0.39 is 0 Å². The van der Waals surface area contributed by atoms with E-state index in [4.69, 9.17) is 0 Å². The van der Waals surface area contributed by atoms with Crippen molar-refractivity contribution in [3.8, 4) is 0 Å². The van der Waals surface area contributed by atoms with E-state index in [0.29, 0.717) is 6.04 Å². The topological polar surface area (TPSA) is 65.2 Å². The Hall–Kier alpha value is -0.910. The third kappa shape index (κ3) is 7.49. The molecule has 2 aliphatic heterocycles. The summed E-state index contributed by atoms with van der Waals surface area (Å²) in [6, 6.07) is 0.819. The summed E-state index contributed by atoms with van der Waals surface area (Å²) in [5.41, 5.74) is 0.309. The Morgan fingerprint density at radius 1 is 0.821 bits per heavy atom. The third-order valence-corrected chi connectivity index (χ3v) is 5.76. The molecule has 0 bridgehead atoms. The summed E-state index contributed by atoms with van der Waals surface area (Å²) >= 11 is 0. The van der Waals surface area contributed by atoms with Crippen LogP contribution in [0.5, 0.6) is 0 Å². The van der Waals surface area contributed by atoms with Crippen LogP contribution >= 0.6 is 0 Å². The summed E-state index contributed by atoms with van der Waals surface area (Å²) in [7, 11) is 0. The maximum atomic E-state index is 12.5. The molecule has 0 saturated carbocycles. The number of hydrogen-bond donors (Lipinski definition) is 4. The lowest BCUT2D eigenvalue weighted by Gasteiger charge is -2.47. The molecule has 2 saturated heterocycles. The molecule has 162 valence electrons. The van der Waals surface area contributed by atoms with Gasteiger partial charge in [0.2, 0.25) is 5.91 Å². The van der Waals surface area contributed by atoms with Gasteiger partial charge in [0.05, 0.1) is 0 Å². The van der Waals surface area contributed by atoms with E-state index in [0.717, 1.165) is 25.7 Å². The number of nitrogens with one attached hydrogen (secondary N) is 4. The largest absolute Gasteiger partial charge is 0.350 e. The summed E-state index contributed by atoms with van der Waals surface area (Å²) < 4.78 is 0. The first-order valence-corrected chi connectivity index (χ1v) is 10.9. The van der Waals surface area contributed by atoms with Crippen molar-refractivity contribution < 1.29 is 4.79 Å². The number of rotatable bonds is 5. The first-order chi connectivity index (χ1) is 12.6. The fraction of sp³-hybridized carbons (Fsp3) is 0.870. The van der Waals surface area contributed by atoms with Gasteiger partial charge in [-0.2, -0.15) is 0 Å². The van der Waals surface area contributed by atoms with Crippen molar-refractivity contribution in [2.45, 2.75) is 128 Å². The second-order valence-corrected chi connectivity index (χ2v) is 11.8. The molecule has 0 radical (unpaired) electrons. The van der Waals surface area contributed by atoms with Crippen LogP contribution in [-0.4, -0.2) is 46.2 Å². The van der Waals surface area contributed by atoms with Gasteiger partial charge < -0.3 is 21.3 Å². The molecule has 0 aromatic rings. The van der Waals surface area contributed by atoms with Gasteiger partial charge in [-0.1, -0.05) is 6.08 Å². The number of piperidine rings is 2. The van der Waals surface area contributed by atoms with Gasteiger partial charge >= 0.3 is 0 Å². The minimum Gasteiger partial charge on any atom is -0.350 e. The molecule has 1 atom stereocenters. The van der Waals surface area contributed by atoms with E-state index in [1.165, 1.54) is 0 Å². The second-order valence-electron chi connectivity index (χ2n) is 11.8. The minimum absolute atomic E-state index is 0.0121. The molecular weight excluding hydrogens is 348 g/mol. The monoisotopic (exact) mass is 392 g/mol. The predicted octanol–water partition coefficient (Wildman–Crippen LogP) is 3.26. The lowest BCUT2D eigenvalue weighted by Crippen LogP contribution is -2.62. The highest BCUT2D eigenvalue weighted by atomic mass is 16.1. The van der Waals surface area contributed by atoms with Gasteiger partial charge in [0, 0.05) is 46.4 Å². The normalized spacial score (nSPS) is 28.2. The quantitative estimate of drug-likeness (QED) is 0.542. The third-order valence-electron chi connectivity index (χ3n) is 5.76. The smallest absolute Gasteiger partial charge is 0.243 e. The van der Waals surface area contributed by atoms with Gasteiger partial charge in [0.1, 0.15) is 0 Å². The van der Waals surface area contributed by atoms with Crippen LogP contribution in [0.25, 0.3) is 0 Å². The van der Waals surface area contributed by atoms with E-state index in [-0.39, 0.29) is 40.1 Å². The number of carbonyl (C=O) groups excluding carboxylic acids is 1. The highest BCUT2D eigenvalue weighted by Gasteiger charge is 2.39. The molecule has 5 heteroatoms. The van der Waals surface area contributed by atoms with Gasteiger partial charge in [-0.15, -0.1) is 0 Å². The van der Waals surface area contributed by atoms with Gasteiger partial charge in [0.25, 0.3) is 0 Å². The van der Waals surface area contributed by atoms with Crippen molar-refractivity contribution in [1.29, 1.82) is 0 Å². The number of carbonyl (C=O) groups is 1. The fourth-order valence-electron chi connectivity index (χ4n) is 5.77.